The number of hydrogen-bond acceptors (Lipinski definition) is 3. The first-order chi connectivity index (χ1) is 7.75. The molecular weight excluding hydrogens is 202 g/mol. The highest BCUT2D eigenvalue weighted by atomic mass is 16.5. The molecule has 0 aromatic rings. The third-order valence-electron chi connectivity index (χ3n) is 3.92. The first-order valence-corrected chi connectivity index (χ1v) is 6.62. The third kappa shape index (κ3) is 3.29. The van der Waals surface area contributed by atoms with Gasteiger partial charge < -0.3 is 10.1 Å². The van der Waals surface area contributed by atoms with E-state index >= 15 is 0 Å². The highest BCUT2D eigenvalue weighted by Gasteiger charge is 2.26. The molecule has 1 heterocycles. The van der Waals surface area contributed by atoms with Crippen LogP contribution in [0.25, 0.3) is 0 Å². The Morgan fingerprint density at radius 1 is 1.00 bits per heavy atom. The third-order valence-corrected chi connectivity index (χ3v) is 3.92. The summed E-state index contributed by atoms with van der Waals surface area (Å²) in [5.74, 6) is 0.674. The summed E-state index contributed by atoms with van der Waals surface area (Å²) in [4.78, 5) is 11.2. The van der Waals surface area contributed by atoms with Crippen molar-refractivity contribution in [3.63, 3.8) is 0 Å². The molecule has 0 amide bonds. The van der Waals surface area contributed by atoms with Crippen LogP contribution in [-0.2, 0) is 9.53 Å². The van der Waals surface area contributed by atoms with E-state index in [1.54, 1.807) is 6.92 Å². The van der Waals surface area contributed by atoms with E-state index in [4.69, 9.17) is 4.74 Å². The molecule has 2 fully saturated rings. The lowest BCUT2D eigenvalue weighted by molar-refractivity contribution is -0.123. The number of hydrogen-bond donors (Lipinski definition) is 1. The summed E-state index contributed by atoms with van der Waals surface area (Å²) in [5, 5.41) is 3.35. The van der Waals surface area contributed by atoms with Crippen molar-refractivity contribution >= 4 is 5.78 Å². The molecule has 1 saturated carbocycles. The fraction of sp³-hybridized carbons (Fsp3) is 0.923. The molecule has 1 aliphatic heterocycles. The first kappa shape index (κ1) is 12.1. The molecule has 16 heavy (non-hydrogen) atoms. The van der Waals surface area contributed by atoms with Gasteiger partial charge in [-0.15, -0.1) is 0 Å². The zero-order valence-corrected chi connectivity index (χ0v) is 10.2. The molecule has 92 valence electrons. The Morgan fingerprint density at radius 2 is 1.56 bits per heavy atom. The van der Waals surface area contributed by atoms with Crippen molar-refractivity contribution in [2.45, 2.75) is 57.7 Å². The average Bonchev–Trinajstić information content (AvgIpc) is 2.31. The number of rotatable bonds is 3. The molecule has 0 aromatic heterocycles. The number of piperidine rings is 1. The van der Waals surface area contributed by atoms with Crippen molar-refractivity contribution in [2.24, 2.45) is 5.92 Å². The molecule has 2 aliphatic rings. The molecule has 3 heteroatoms. The molecule has 1 aliphatic carbocycles. The van der Waals surface area contributed by atoms with Crippen LogP contribution < -0.4 is 5.32 Å². The molecule has 0 spiro atoms. The minimum absolute atomic E-state index is 0.313. The monoisotopic (exact) mass is 225 g/mol. The van der Waals surface area contributed by atoms with E-state index in [0.29, 0.717) is 23.9 Å². The van der Waals surface area contributed by atoms with Crippen LogP contribution in [0.15, 0.2) is 0 Å². The maximum atomic E-state index is 11.2. The molecule has 1 N–H and O–H groups in total. The Hall–Kier alpha value is -0.410. The number of ketones is 1. The quantitative estimate of drug-likeness (QED) is 0.797. The average molecular weight is 225 g/mol. The van der Waals surface area contributed by atoms with Crippen molar-refractivity contribution in [3.05, 3.63) is 0 Å². The molecule has 0 aromatic carbocycles. The van der Waals surface area contributed by atoms with Crippen LogP contribution in [0, 0.1) is 5.92 Å². The Kier molecular flexibility index (Phi) is 4.36. The highest BCUT2D eigenvalue weighted by molar-refractivity contribution is 5.78. The summed E-state index contributed by atoms with van der Waals surface area (Å²) < 4.78 is 6.11. The maximum Gasteiger partial charge on any atom is 0.132 e. The van der Waals surface area contributed by atoms with Gasteiger partial charge in [0.05, 0.1) is 12.2 Å². The van der Waals surface area contributed by atoms with Crippen LogP contribution in [0.2, 0.25) is 0 Å². The fourth-order valence-corrected chi connectivity index (χ4v) is 2.81. The fourth-order valence-electron chi connectivity index (χ4n) is 2.81. The van der Waals surface area contributed by atoms with Crippen LogP contribution in [0.4, 0.5) is 0 Å². The summed E-state index contributed by atoms with van der Waals surface area (Å²) in [6.45, 7) is 3.90. The maximum absolute atomic E-state index is 11.2. The van der Waals surface area contributed by atoms with E-state index < -0.39 is 0 Å². The second kappa shape index (κ2) is 5.78. The van der Waals surface area contributed by atoms with Crippen molar-refractivity contribution in [1.29, 1.82) is 0 Å². The number of carbonyl (C=O) groups excluding carboxylic acids is 1. The summed E-state index contributed by atoms with van der Waals surface area (Å²) in [7, 11) is 0. The summed E-state index contributed by atoms with van der Waals surface area (Å²) in [6, 6.07) is 0. The normalized spacial score (nSPS) is 32.6. The van der Waals surface area contributed by atoms with E-state index in [9.17, 15) is 4.79 Å². The zero-order chi connectivity index (χ0) is 11.4. The highest BCUT2D eigenvalue weighted by Crippen LogP contribution is 2.28. The summed E-state index contributed by atoms with van der Waals surface area (Å²) in [5.41, 5.74) is 0. The van der Waals surface area contributed by atoms with Gasteiger partial charge >= 0.3 is 0 Å². The standard InChI is InChI=1S/C13H23NO2/c1-10(15)11-2-4-12(5-3-11)16-13-6-8-14-9-7-13/h11-14H,2-9H2,1H3. The molecule has 0 radical (unpaired) electrons. The lowest BCUT2D eigenvalue weighted by atomic mass is 9.85. The zero-order valence-electron chi connectivity index (χ0n) is 10.2. The SMILES string of the molecule is CC(=O)C1CCC(OC2CCNCC2)CC1. The van der Waals surface area contributed by atoms with Gasteiger partial charge in [0, 0.05) is 5.92 Å². The summed E-state index contributed by atoms with van der Waals surface area (Å²) >= 11 is 0. The van der Waals surface area contributed by atoms with Crippen LogP contribution in [0.3, 0.4) is 0 Å². The van der Waals surface area contributed by atoms with E-state index in [0.717, 1.165) is 51.6 Å². The van der Waals surface area contributed by atoms with Gasteiger partial charge in [-0.3, -0.25) is 4.79 Å². The van der Waals surface area contributed by atoms with Gasteiger partial charge in [-0.2, -0.15) is 0 Å². The molecule has 0 bridgehead atoms. The first-order valence-electron chi connectivity index (χ1n) is 6.62. The smallest absolute Gasteiger partial charge is 0.132 e. The summed E-state index contributed by atoms with van der Waals surface area (Å²) in [6.07, 6.45) is 7.39. The molecule has 0 unspecified atom stereocenters. The van der Waals surface area contributed by atoms with Gasteiger partial charge in [0.15, 0.2) is 0 Å². The number of ether oxygens (including phenoxy) is 1. The van der Waals surface area contributed by atoms with Gasteiger partial charge in [0.1, 0.15) is 5.78 Å². The van der Waals surface area contributed by atoms with Crippen molar-refractivity contribution in [3.8, 4) is 0 Å². The van der Waals surface area contributed by atoms with Gasteiger partial charge in [0.25, 0.3) is 0 Å². The predicted octanol–water partition coefficient (Wildman–Crippen LogP) is 1.90. The second-order valence-electron chi connectivity index (χ2n) is 5.17. The number of nitrogens with one attached hydrogen (secondary N) is 1. The molecule has 0 atom stereocenters. The Bertz CT molecular complexity index is 228. The Balaban J connectivity index is 1.70. The van der Waals surface area contributed by atoms with Crippen LogP contribution >= 0.6 is 0 Å². The topological polar surface area (TPSA) is 38.3 Å². The predicted molar refractivity (Wildman–Crippen MR) is 63.4 cm³/mol. The van der Waals surface area contributed by atoms with Gasteiger partial charge in [-0.1, -0.05) is 0 Å². The Labute approximate surface area is 97.9 Å². The minimum atomic E-state index is 0.313. The van der Waals surface area contributed by atoms with Gasteiger partial charge in [-0.05, 0) is 58.5 Å². The molecule has 3 nitrogen and oxygen atoms in total. The van der Waals surface area contributed by atoms with Crippen LogP contribution in [0.1, 0.15) is 45.4 Å². The molecule has 2 rings (SSSR count). The molecular formula is C13H23NO2. The second-order valence-corrected chi connectivity index (χ2v) is 5.17. The lowest BCUT2D eigenvalue weighted by Gasteiger charge is -2.32. The lowest BCUT2D eigenvalue weighted by Crippen LogP contribution is -2.36. The van der Waals surface area contributed by atoms with Gasteiger partial charge in [0.2, 0.25) is 0 Å². The van der Waals surface area contributed by atoms with Gasteiger partial charge in [-0.25, -0.2) is 0 Å². The van der Waals surface area contributed by atoms with E-state index in [1.807, 2.05) is 0 Å². The largest absolute Gasteiger partial charge is 0.375 e. The number of carbonyl (C=O) groups is 1. The van der Waals surface area contributed by atoms with E-state index in [-0.39, 0.29) is 0 Å². The van der Waals surface area contributed by atoms with Crippen molar-refractivity contribution < 1.29 is 9.53 Å². The molecule has 1 saturated heterocycles. The van der Waals surface area contributed by atoms with E-state index in [1.165, 1.54) is 0 Å². The van der Waals surface area contributed by atoms with Crippen molar-refractivity contribution in [1.82, 2.24) is 5.32 Å². The van der Waals surface area contributed by atoms with Crippen LogP contribution in [-0.4, -0.2) is 31.1 Å². The van der Waals surface area contributed by atoms with Crippen LogP contribution in [0.5, 0.6) is 0 Å². The Morgan fingerprint density at radius 3 is 2.12 bits per heavy atom. The number of Topliss-reactive ketones (excluding diaryl/α,β-unsaturated/α-hetero) is 1. The minimum Gasteiger partial charge on any atom is -0.375 e. The van der Waals surface area contributed by atoms with E-state index in [2.05, 4.69) is 5.32 Å². The van der Waals surface area contributed by atoms with Crippen molar-refractivity contribution in [2.75, 3.05) is 13.1 Å².